The van der Waals surface area contributed by atoms with Crippen molar-refractivity contribution in [3.63, 3.8) is 0 Å². The second-order valence-electron chi connectivity index (χ2n) is 5.73. The Kier molecular flexibility index (Phi) is 8.14. The molecule has 0 bridgehead atoms. The van der Waals surface area contributed by atoms with Gasteiger partial charge in [-0.1, -0.05) is 6.07 Å². The Hall–Kier alpha value is -3.64. The highest BCUT2D eigenvalue weighted by atomic mass is 32.1. The van der Waals surface area contributed by atoms with E-state index in [0.29, 0.717) is 31.3 Å². The third kappa shape index (κ3) is 6.76. The van der Waals surface area contributed by atoms with E-state index in [1.54, 1.807) is 24.3 Å². The lowest BCUT2D eigenvalue weighted by Crippen LogP contribution is -2.34. The Bertz CT molecular complexity index is 935. The normalized spacial score (nSPS) is 10.2. The van der Waals surface area contributed by atoms with Crippen LogP contribution in [0.2, 0.25) is 0 Å². The summed E-state index contributed by atoms with van der Waals surface area (Å²) in [5.41, 5.74) is -0.900. The van der Waals surface area contributed by atoms with Crippen molar-refractivity contribution in [2.24, 2.45) is 0 Å². The average molecular weight is 434 g/mol. The number of hydrogen-bond donors (Lipinski definition) is 2. The summed E-state index contributed by atoms with van der Waals surface area (Å²) in [6.45, 7) is 3.28. The minimum absolute atomic E-state index is 0.0966. The lowest BCUT2D eigenvalue weighted by Gasteiger charge is -2.11. The van der Waals surface area contributed by atoms with E-state index in [2.05, 4.69) is 10.6 Å². The smallest absolute Gasteiger partial charge is 0.277 e. The van der Waals surface area contributed by atoms with Gasteiger partial charge >= 0.3 is 0 Å². The van der Waals surface area contributed by atoms with Crippen LogP contribution in [-0.2, 0) is 4.74 Å². The fourth-order valence-electron chi connectivity index (χ4n) is 2.30. The number of anilines is 1. The molecule has 0 saturated carbocycles. The second kappa shape index (κ2) is 10.8. The van der Waals surface area contributed by atoms with Crippen molar-refractivity contribution < 1.29 is 24.1 Å². The zero-order valence-electron chi connectivity index (χ0n) is 15.8. The number of hydrogen-bond acceptors (Lipinski definition) is 8. The topological polar surface area (TPSA) is 146 Å². The van der Waals surface area contributed by atoms with Crippen LogP contribution in [0.3, 0.4) is 0 Å². The van der Waals surface area contributed by atoms with E-state index in [1.807, 2.05) is 6.92 Å². The molecule has 2 rings (SSSR count). The molecule has 2 aromatic carbocycles. The first-order chi connectivity index (χ1) is 14.3. The molecule has 30 heavy (non-hydrogen) atoms. The zero-order valence-corrected chi connectivity index (χ0v) is 16.6. The molecule has 0 heterocycles. The van der Waals surface area contributed by atoms with Gasteiger partial charge in [0.1, 0.15) is 12.4 Å². The summed E-state index contributed by atoms with van der Waals surface area (Å²) in [7, 11) is 0. The van der Waals surface area contributed by atoms with Gasteiger partial charge in [0.05, 0.1) is 28.1 Å². The number of thiocarbonyl (C=S) groups is 1. The molecule has 158 valence electrons. The SMILES string of the molecule is CCOCCOc1cccc(NC(=S)NC(=O)c2cc([N+](=O)[O-])cc([N+](=O)[O-])c2)c1. The summed E-state index contributed by atoms with van der Waals surface area (Å²) in [4.78, 5) is 32.6. The molecule has 0 aliphatic heterocycles. The molecule has 0 spiro atoms. The number of nitro benzene ring substituents is 2. The number of carbonyl (C=O) groups is 1. The van der Waals surface area contributed by atoms with Crippen molar-refractivity contribution >= 4 is 40.3 Å². The predicted molar refractivity (Wildman–Crippen MR) is 112 cm³/mol. The molecule has 0 radical (unpaired) electrons. The first kappa shape index (κ1) is 22.6. The molecular formula is C18H18N4O7S. The largest absolute Gasteiger partial charge is 0.491 e. The number of rotatable bonds is 9. The maximum Gasteiger partial charge on any atom is 0.277 e. The predicted octanol–water partition coefficient (Wildman–Crippen LogP) is 3.05. The molecule has 11 nitrogen and oxygen atoms in total. The fraction of sp³-hybridized carbons (Fsp3) is 0.222. The van der Waals surface area contributed by atoms with E-state index in [4.69, 9.17) is 21.7 Å². The molecular weight excluding hydrogens is 416 g/mol. The Morgan fingerprint density at radius 2 is 1.73 bits per heavy atom. The van der Waals surface area contributed by atoms with Gasteiger partial charge in [-0.25, -0.2) is 0 Å². The minimum atomic E-state index is -0.830. The van der Waals surface area contributed by atoms with Gasteiger partial charge in [-0.15, -0.1) is 0 Å². The molecule has 0 saturated heterocycles. The van der Waals surface area contributed by atoms with Gasteiger partial charge in [0.2, 0.25) is 0 Å². The van der Waals surface area contributed by atoms with E-state index in [-0.39, 0.29) is 10.7 Å². The monoisotopic (exact) mass is 434 g/mol. The van der Waals surface area contributed by atoms with Crippen molar-refractivity contribution in [1.29, 1.82) is 0 Å². The van der Waals surface area contributed by atoms with Gasteiger partial charge in [0, 0.05) is 30.5 Å². The van der Waals surface area contributed by atoms with Crippen molar-refractivity contribution in [3.05, 3.63) is 68.3 Å². The Balaban J connectivity index is 2.04. The van der Waals surface area contributed by atoms with E-state index in [9.17, 15) is 25.0 Å². The van der Waals surface area contributed by atoms with Crippen LogP contribution in [0.15, 0.2) is 42.5 Å². The van der Waals surface area contributed by atoms with Crippen LogP contribution in [0.1, 0.15) is 17.3 Å². The highest BCUT2D eigenvalue weighted by Gasteiger charge is 2.20. The lowest BCUT2D eigenvalue weighted by molar-refractivity contribution is -0.394. The first-order valence-electron chi connectivity index (χ1n) is 8.67. The maximum atomic E-state index is 12.3. The zero-order chi connectivity index (χ0) is 22.1. The molecule has 0 atom stereocenters. The molecule has 2 N–H and O–H groups in total. The standard InChI is InChI=1S/C18H18N4O7S/c1-2-28-6-7-29-16-5-3-4-13(10-16)19-18(30)20-17(23)12-8-14(21(24)25)11-15(9-12)22(26)27/h3-5,8-11H,2,6-7H2,1H3,(H2,19,20,23,30). The summed E-state index contributed by atoms with van der Waals surface area (Å²) in [6.07, 6.45) is 0. The molecule has 0 aliphatic rings. The molecule has 0 fully saturated rings. The number of nitrogens with zero attached hydrogens (tertiary/aromatic N) is 2. The average Bonchev–Trinajstić information content (AvgIpc) is 2.71. The summed E-state index contributed by atoms with van der Waals surface area (Å²) >= 11 is 5.07. The third-order valence-corrected chi connectivity index (χ3v) is 3.81. The highest BCUT2D eigenvalue weighted by molar-refractivity contribution is 7.80. The summed E-state index contributed by atoms with van der Waals surface area (Å²) < 4.78 is 10.7. The molecule has 0 aliphatic carbocycles. The number of ether oxygens (including phenoxy) is 2. The summed E-state index contributed by atoms with van der Waals surface area (Å²) in [6, 6.07) is 9.42. The van der Waals surface area contributed by atoms with Crippen molar-refractivity contribution in [3.8, 4) is 5.75 Å². The van der Waals surface area contributed by atoms with E-state index in [1.165, 1.54) is 0 Å². The van der Waals surface area contributed by atoms with Crippen molar-refractivity contribution in [2.75, 3.05) is 25.1 Å². The Morgan fingerprint density at radius 3 is 2.33 bits per heavy atom. The number of non-ortho nitro benzene ring substituents is 2. The number of carbonyl (C=O) groups excluding carboxylic acids is 1. The highest BCUT2D eigenvalue weighted by Crippen LogP contribution is 2.23. The van der Waals surface area contributed by atoms with Crippen LogP contribution in [-0.4, -0.2) is 40.7 Å². The van der Waals surface area contributed by atoms with Gasteiger partial charge in [-0.2, -0.15) is 0 Å². The molecule has 12 heteroatoms. The molecule has 2 aromatic rings. The van der Waals surface area contributed by atoms with Gasteiger partial charge in [-0.05, 0) is 31.3 Å². The Labute approximate surface area is 176 Å². The Morgan fingerprint density at radius 1 is 1.07 bits per heavy atom. The summed E-state index contributed by atoms with van der Waals surface area (Å²) in [5.74, 6) is -0.272. The van der Waals surface area contributed by atoms with Gasteiger partial charge in [-0.3, -0.25) is 30.3 Å². The number of amides is 1. The van der Waals surface area contributed by atoms with Crippen LogP contribution >= 0.6 is 12.2 Å². The number of benzene rings is 2. The molecule has 1 amide bonds. The van der Waals surface area contributed by atoms with Gasteiger partial charge < -0.3 is 14.8 Å². The van der Waals surface area contributed by atoms with Crippen LogP contribution in [0.25, 0.3) is 0 Å². The maximum absolute atomic E-state index is 12.3. The first-order valence-corrected chi connectivity index (χ1v) is 9.07. The number of nitro groups is 2. The lowest BCUT2D eigenvalue weighted by atomic mass is 10.1. The van der Waals surface area contributed by atoms with Crippen LogP contribution in [0.5, 0.6) is 5.75 Å². The number of nitrogens with one attached hydrogen (secondary N) is 2. The van der Waals surface area contributed by atoms with Crippen molar-refractivity contribution in [1.82, 2.24) is 5.32 Å². The minimum Gasteiger partial charge on any atom is -0.491 e. The quantitative estimate of drug-likeness (QED) is 0.263. The van der Waals surface area contributed by atoms with Gasteiger partial charge in [0.25, 0.3) is 17.3 Å². The van der Waals surface area contributed by atoms with Crippen LogP contribution < -0.4 is 15.4 Å². The van der Waals surface area contributed by atoms with Crippen molar-refractivity contribution in [2.45, 2.75) is 6.92 Å². The third-order valence-electron chi connectivity index (χ3n) is 3.61. The van der Waals surface area contributed by atoms with Crippen LogP contribution in [0.4, 0.5) is 17.1 Å². The van der Waals surface area contributed by atoms with E-state index >= 15 is 0 Å². The molecule has 0 unspecified atom stereocenters. The second-order valence-corrected chi connectivity index (χ2v) is 6.14. The van der Waals surface area contributed by atoms with Gasteiger partial charge in [0.15, 0.2) is 5.11 Å². The van der Waals surface area contributed by atoms with Crippen LogP contribution in [0, 0.1) is 20.2 Å². The van der Waals surface area contributed by atoms with E-state index < -0.39 is 27.1 Å². The van der Waals surface area contributed by atoms with E-state index in [0.717, 1.165) is 18.2 Å². The summed E-state index contributed by atoms with van der Waals surface area (Å²) in [5, 5.41) is 26.9. The molecule has 0 aromatic heterocycles. The fourth-order valence-corrected chi connectivity index (χ4v) is 2.51.